The molecule has 1 heteroatoms. The number of allylic oxidation sites excluding steroid dienone is 3. The fourth-order valence-corrected chi connectivity index (χ4v) is 0.760. The van der Waals surface area contributed by atoms with Gasteiger partial charge >= 0.3 is 0 Å². The largest absolute Gasteiger partial charge is 0.470 e. The molecule has 64 valence electrons. The van der Waals surface area contributed by atoms with Gasteiger partial charge < -0.3 is 4.74 Å². The molecule has 0 aliphatic heterocycles. The summed E-state index contributed by atoms with van der Waals surface area (Å²) in [6.07, 6.45) is 6.79. The average Bonchev–Trinajstić information content (AvgIpc) is 1.97. The van der Waals surface area contributed by atoms with Crippen LogP contribution in [-0.2, 0) is 4.74 Å². The monoisotopic (exact) mass is 154 g/mol. The molecule has 0 unspecified atom stereocenters. The SMILES string of the molecule is C/C=C(\O/C=C/CC)C(C)C. The molecular weight excluding hydrogens is 136 g/mol. The first-order chi connectivity index (χ1) is 5.22. The summed E-state index contributed by atoms with van der Waals surface area (Å²) in [6, 6.07) is 0. The molecule has 0 amide bonds. The highest BCUT2D eigenvalue weighted by molar-refractivity contribution is 4.95. The van der Waals surface area contributed by atoms with Crippen molar-refractivity contribution < 1.29 is 4.74 Å². The van der Waals surface area contributed by atoms with E-state index in [4.69, 9.17) is 4.74 Å². The van der Waals surface area contributed by atoms with Crippen LogP contribution in [0, 0.1) is 5.92 Å². The van der Waals surface area contributed by atoms with Crippen LogP contribution >= 0.6 is 0 Å². The first-order valence-corrected chi connectivity index (χ1v) is 4.20. The lowest BCUT2D eigenvalue weighted by molar-refractivity contribution is 0.303. The first kappa shape index (κ1) is 10.3. The minimum Gasteiger partial charge on any atom is -0.470 e. The van der Waals surface area contributed by atoms with Crippen molar-refractivity contribution in [1.82, 2.24) is 0 Å². The highest BCUT2D eigenvalue weighted by atomic mass is 16.5. The molecule has 0 bridgehead atoms. The van der Waals surface area contributed by atoms with Gasteiger partial charge in [-0.1, -0.05) is 20.8 Å². The van der Waals surface area contributed by atoms with Crippen LogP contribution < -0.4 is 0 Å². The van der Waals surface area contributed by atoms with Gasteiger partial charge in [0.05, 0.1) is 6.26 Å². The molecule has 0 saturated carbocycles. The summed E-state index contributed by atoms with van der Waals surface area (Å²) in [7, 11) is 0. The van der Waals surface area contributed by atoms with E-state index in [9.17, 15) is 0 Å². The van der Waals surface area contributed by atoms with Crippen LogP contribution in [0.3, 0.4) is 0 Å². The minimum absolute atomic E-state index is 0.474. The third-order valence-corrected chi connectivity index (χ3v) is 1.39. The number of hydrogen-bond acceptors (Lipinski definition) is 1. The number of rotatable bonds is 4. The van der Waals surface area contributed by atoms with E-state index in [1.807, 2.05) is 19.1 Å². The Bertz CT molecular complexity index is 143. The van der Waals surface area contributed by atoms with Crippen LogP contribution in [0.25, 0.3) is 0 Å². The summed E-state index contributed by atoms with van der Waals surface area (Å²) in [5.74, 6) is 1.51. The summed E-state index contributed by atoms with van der Waals surface area (Å²) >= 11 is 0. The first-order valence-electron chi connectivity index (χ1n) is 4.20. The van der Waals surface area contributed by atoms with Gasteiger partial charge in [0.15, 0.2) is 0 Å². The minimum atomic E-state index is 0.474. The zero-order valence-electron chi connectivity index (χ0n) is 7.92. The van der Waals surface area contributed by atoms with Gasteiger partial charge in [0.2, 0.25) is 0 Å². The summed E-state index contributed by atoms with van der Waals surface area (Å²) in [5, 5.41) is 0. The van der Waals surface area contributed by atoms with Crippen LogP contribution in [0.2, 0.25) is 0 Å². The normalized spacial score (nSPS) is 13.0. The lowest BCUT2D eigenvalue weighted by Crippen LogP contribution is -1.94. The van der Waals surface area contributed by atoms with E-state index in [1.165, 1.54) is 0 Å². The third kappa shape index (κ3) is 4.65. The van der Waals surface area contributed by atoms with Crippen molar-refractivity contribution in [3.8, 4) is 0 Å². The second-order valence-corrected chi connectivity index (χ2v) is 2.74. The molecule has 0 aromatic rings. The van der Waals surface area contributed by atoms with Gasteiger partial charge in [-0.15, -0.1) is 0 Å². The number of hydrogen-bond donors (Lipinski definition) is 0. The Labute approximate surface area is 69.8 Å². The van der Waals surface area contributed by atoms with Gasteiger partial charge in [0, 0.05) is 5.92 Å². The molecule has 0 spiro atoms. The molecule has 0 heterocycles. The van der Waals surface area contributed by atoms with Crippen molar-refractivity contribution in [1.29, 1.82) is 0 Å². The molecule has 0 N–H and O–H groups in total. The maximum atomic E-state index is 5.37. The Morgan fingerprint density at radius 1 is 1.45 bits per heavy atom. The Kier molecular flexibility index (Phi) is 5.63. The summed E-state index contributed by atoms with van der Waals surface area (Å²) in [5.41, 5.74) is 0. The summed E-state index contributed by atoms with van der Waals surface area (Å²) < 4.78 is 5.37. The Morgan fingerprint density at radius 2 is 2.09 bits per heavy atom. The third-order valence-electron chi connectivity index (χ3n) is 1.39. The van der Waals surface area contributed by atoms with E-state index in [0.29, 0.717) is 5.92 Å². The second kappa shape index (κ2) is 6.02. The fourth-order valence-electron chi connectivity index (χ4n) is 0.760. The Hall–Kier alpha value is -0.720. The van der Waals surface area contributed by atoms with Crippen molar-refractivity contribution in [3.63, 3.8) is 0 Å². The summed E-state index contributed by atoms with van der Waals surface area (Å²) in [4.78, 5) is 0. The zero-order valence-corrected chi connectivity index (χ0v) is 7.92. The van der Waals surface area contributed by atoms with E-state index in [0.717, 1.165) is 12.2 Å². The van der Waals surface area contributed by atoms with Crippen molar-refractivity contribution in [2.24, 2.45) is 5.92 Å². The van der Waals surface area contributed by atoms with E-state index in [1.54, 1.807) is 6.26 Å². The summed E-state index contributed by atoms with van der Waals surface area (Å²) in [6.45, 7) is 8.32. The molecule has 0 saturated heterocycles. The molecule has 0 aromatic carbocycles. The lowest BCUT2D eigenvalue weighted by Gasteiger charge is -2.08. The van der Waals surface area contributed by atoms with Gasteiger partial charge in [-0.05, 0) is 25.5 Å². The smallest absolute Gasteiger partial charge is 0.101 e. The van der Waals surface area contributed by atoms with Crippen LogP contribution in [0.4, 0.5) is 0 Å². The topological polar surface area (TPSA) is 9.23 Å². The van der Waals surface area contributed by atoms with E-state index < -0.39 is 0 Å². The lowest BCUT2D eigenvalue weighted by atomic mass is 10.2. The molecule has 0 radical (unpaired) electrons. The van der Waals surface area contributed by atoms with Gasteiger partial charge in [-0.2, -0.15) is 0 Å². The second-order valence-electron chi connectivity index (χ2n) is 2.74. The van der Waals surface area contributed by atoms with Crippen LogP contribution in [-0.4, -0.2) is 0 Å². The van der Waals surface area contributed by atoms with Crippen molar-refractivity contribution in [3.05, 3.63) is 24.2 Å². The van der Waals surface area contributed by atoms with E-state index >= 15 is 0 Å². The molecule has 0 aromatic heterocycles. The molecular formula is C10H18O. The molecule has 0 aliphatic rings. The highest BCUT2D eigenvalue weighted by Gasteiger charge is 1.99. The Balaban J connectivity index is 3.81. The molecule has 0 fully saturated rings. The predicted octanol–water partition coefficient (Wildman–Crippen LogP) is 3.49. The maximum Gasteiger partial charge on any atom is 0.101 e. The fraction of sp³-hybridized carbons (Fsp3) is 0.600. The highest BCUT2D eigenvalue weighted by Crippen LogP contribution is 2.10. The van der Waals surface area contributed by atoms with Crippen molar-refractivity contribution in [2.75, 3.05) is 0 Å². The Morgan fingerprint density at radius 3 is 2.45 bits per heavy atom. The molecule has 1 nitrogen and oxygen atoms in total. The van der Waals surface area contributed by atoms with Gasteiger partial charge in [-0.3, -0.25) is 0 Å². The predicted molar refractivity (Wildman–Crippen MR) is 49.1 cm³/mol. The van der Waals surface area contributed by atoms with Gasteiger partial charge in [0.25, 0.3) is 0 Å². The van der Waals surface area contributed by atoms with Crippen molar-refractivity contribution in [2.45, 2.75) is 34.1 Å². The number of ether oxygens (including phenoxy) is 1. The van der Waals surface area contributed by atoms with E-state index in [-0.39, 0.29) is 0 Å². The molecule has 11 heavy (non-hydrogen) atoms. The van der Waals surface area contributed by atoms with Crippen molar-refractivity contribution >= 4 is 0 Å². The van der Waals surface area contributed by atoms with Crippen LogP contribution in [0.1, 0.15) is 34.1 Å². The van der Waals surface area contributed by atoms with E-state index in [2.05, 4.69) is 20.8 Å². The molecule has 0 aliphatic carbocycles. The quantitative estimate of drug-likeness (QED) is 0.563. The zero-order chi connectivity index (χ0) is 8.69. The average molecular weight is 154 g/mol. The van der Waals surface area contributed by atoms with Crippen LogP contribution in [0.5, 0.6) is 0 Å². The molecule has 0 rings (SSSR count). The van der Waals surface area contributed by atoms with Gasteiger partial charge in [0.1, 0.15) is 5.76 Å². The van der Waals surface area contributed by atoms with Gasteiger partial charge in [-0.25, -0.2) is 0 Å². The maximum absolute atomic E-state index is 5.37. The van der Waals surface area contributed by atoms with Crippen LogP contribution in [0.15, 0.2) is 24.2 Å². The molecule has 0 atom stereocenters. The standard InChI is InChI=1S/C10H18O/c1-5-7-8-11-10(6-2)9(3)4/h6-9H,5H2,1-4H3/b8-7+,10-6-.